The molecule has 16 heavy (non-hydrogen) atoms. The molecule has 0 amide bonds. The Hall–Kier alpha value is -1.09. The van der Waals surface area contributed by atoms with E-state index < -0.39 is 0 Å². The number of nitrogens with zero attached hydrogens (tertiary/aromatic N) is 1. The first-order valence-electron chi connectivity index (χ1n) is 6.15. The van der Waals surface area contributed by atoms with Gasteiger partial charge in [0, 0.05) is 17.8 Å². The number of pyridine rings is 1. The standard InChI is InChI=1S/C13H20N2O/c1-3-6-15-7-4-5-12(15)11-8-10(2)13(16)14-9-11/h8-9,12H,3-7H2,1-2H3,(H,14,16). The minimum atomic E-state index is 0.0313. The predicted molar refractivity (Wildman–Crippen MR) is 65.6 cm³/mol. The van der Waals surface area contributed by atoms with Gasteiger partial charge in [0.25, 0.3) is 5.56 Å². The maximum absolute atomic E-state index is 11.3. The van der Waals surface area contributed by atoms with Gasteiger partial charge in [-0.1, -0.05) is 6.92 Å². The molecule has 0 aliphatic carbocycles. The minimum absolute atomic E-state index is 0.0313. The molecule has 0 aromatic carbocycles. The third-order valence-electron chi connectivity index (χ3n) is 3.37. The summed E-state index contributed by atoms with van der Waals surface area (Å²) in [4.78, 5) is 16.7. The van der Waals surface area contributed by atoms with Crippen LogP contribution in [0.2, 0.25) is 0 Å². The Balaban J connectivity index is 2.22. The molecule has 3 nitrogen and oxygen atoms in total. The van der Waals surface area contributed by atoms with Crippen LogP contribution in [0, 0.1) is 6.92 Å². The van der Waals surface area contributed by atoms with Crippen molar-refractivity contribution >= 4 is 0 Å². The predicted octanol–water partition coefficient (Wildman–Crippen LogP) is 2.23. The highest BCUT2D eigenvalue weighted by Gasteiger charge is 2.25. The van der Waals surface area contributed by atoms with Crippen LogP contribution >= 0.6 is 0 Å². The van der Waals surface area contributed by atoms with E-state index in [4.69, 9.17) is 0 Å². The van der Waals surface area contributed by atoms with Crippen molar-refractivity contribution in [2.24, 2.45) is 0 Å². The van der Waals surface area contributed by atoms with E-state index in [1.54, 1.807) is 0 Å². The lowest BCUT2D eigenvalue weighted by Crippen LogP contribution is -2.25. The van der Waals surface area contributed by atoms with Crippen LogP contribution in [-0.2, 0) is 0 Å². The van der Waals surface area contributed by atoms with Gasteiger partial charge in [-0.15, -0.1) is 0 Å². The zero-order valence-electron chi connectivity index (χ0n) is 10.1. The average molecular weight is 220 g/mol. The van der Waals surface area contributed by atoms with Crippen molar-refractivity contribution in [2.45, 2.75) is 39.2 Å². The quantitative estimate of drug-likeness (QED) is 0.848. The van der Waals surface area contributed by atoms with Gasteiger partial charge >= 0.3 is 0 Å². The Morgan fingerprint density at radius 3 is 3.06 bits per heavy atom. The van der Waals surface area contributed by atoms with Gasteiger partial charge in [0.05, 0.1) is 0 Å². The second-order valence-corrected chi connectivity index (χ2v) is 4.64. The van der Waals surface area contributed by atoms with Gasteiger partial charge in [-0.2, -0.15) is 0 Å². The van der Waals surface area contributed by atoms with Crippen LogP contribution in [-0.4, -0.2) is 23.0 Å². The Kier molecular flexibility index (Phi) is 3.44. The van der Waals surface area contributed by atoms with Gasteiger partial charge in [-0.3, -0.25) is 9.69 Å². The zero-order chi connectivity index (χ0) is 11.5. The molecule has 2 rings (SSSR count). The topological polar surface area (TPSA) is 36.1 Å². The highest BCUT2D eigenvalue weighted by molar-refractivity contribution is 5.21. The van der Waals surface area contributed by atoms with Crippen molar-refractivity contribution < 1.29 is 0 Å². The van der Waals surface area contributed by atoms with Crippen LogP contribution in [0.4, 0.5) is 0 Å². The molecule has 1 fully saturated rings. The van der Waals surface area contributed by atoms with Crippen molar-refractivity contribution in [3.05, 3.63) is 33.7 Å². The number of hydrogen-bond acceptors (Lipinski definition) is 2. The third kappa shape index (κ3) is 2.19. The highest BCUT2D eigenvalue weighted by atomic mass is 16.1. The fourth-order valence-electron chi connectivity index (χ4n) is 2.57. The number of nitrogens with one attached hydrogen (secondary N) is 1. The summed E-state index contributed by atoms with van der Waals surface area (Å²) in [5.74, 6) is 0. The van der Waals surface area contributed by atoms with Gasteiger partial charge in [0.2, 0.25) is 0 Å². The van der Waals surface area contributed by atoms with E-state index in [0.29, 0.717) is 6.04 Å². The smallest absolute Gasteiger partial charge is 0.250 e. The molecule has 1 saturated heterocycles. The van der Waals surface area contributed by atoms with E-state index in [0.717, 1.165) is 12.1 Å². The van der Waals surface area contributed by atoms with Gasteiger partial charge in [-0.05, 0) is 50.9 Å². The van der Waals surface area contributed by atoms with Crippen molar-refractivity contribution in [3.63, 3.8) is 0 Å². The number of likely N-dealkylation sites (tertiary alicyclic amines) is 1. The van der Waals surface area contributed by atoms with Crippen molar-refractivity contribution in [1.29, 1.82) is 0 Å². The lowest BCUT2D eigenvalue weighted by Gasteiger charge is -2.24. The number of aromatic nitrogens is 1. The number of aryl methyl sites for hydroxylation is 1. The second kappa shape index (κ2) is 4.83. The first-order chi connectivity index (χ1) is 7.72. The van der Waals surface area contributed by atoms with Crippen LogP contribution < -0.4 is 5.56 Å². The molecule has 1 atom stereocenters. The van der Waals surface area contributed by atoms with Crippen LogP contribution in [0.5, 0.6) is 0 Å². The number of rotatable bonds is 3. The first kappa shape index (κ1) is 11.4. The summed E-state index contributed by atoms with van der Waals surface area (Å²) in [5, 5.41) is 0. The highest BCUT2D eigenvalue weighted by Crippen LogP contribution is 2.31. The van der Waals surface area contributed by atoms with E-state index in [2.05, 4.69) is 16.8 Å². The fourth-order valence-corrected chi connectivity index (χ4v) is 2.57. The molecule has 0 saturated carbocycles. The van der Waals surface area contributed by atoms with Crippen LogP contribution in [0.15, 0.2) is 17.1 Å². The maximum atomic E-state index is 11.3. The molecule has 3 heteroatoms. The Morgan fingerprint density at radius 2 is 2.38 bits per heavy atom. The molecule has 0 spiro atoms. The molecule has 1 aliphatic rings. The van der Waals surface area contributed by atoms with E-state index in [9.17, 15) is 4.79 Å². The normalized spacial score (nSPS) is 21.5. The monoisotopic (exact) mass is 220 g/mol. The Labute approximate surface area is 96.5 Å². The summed E-state index contributed by atoms with van der Waals surface area (Å²) in [6.45, 7) is 6.44. The molecule has 0 radical (unpaired) electrons. The van der Waals surface area contributed by atoms with Crippen LogP contribution in [0.25, 0.3) is 0 Å². The molecule has 1 N–H and O–H groups in total. The maximum Gasteiger partial charge on any atom is 0.250 e. The summed E-state index contributed by atoms with van der Waals surface area (Å²) in [7, 11) is 0. The van der Waals surface area contributed by atoms with E-state index in [1.807, 2.05) is 19.2 Å². The molecule has 1 aromatic rings. The zero-order valence-corrected chi connectivity index (χ0v) is 10.1. The van der Waals surface area contributed by atoms with Gasteiger partial charge < -0.3 is 4.98 Å². The van der Waals surface area contributed by atoms with Crippen LogP contribution in [0.1, 0.15) is 43.4 Å². The first-order valence-corrected chi connectivity index (χ1v) is 6.15. The summed E-state index contributed by atoms with van der Waals surface area (Å²) in [6, 6.07) is 2.55. The Morgan fingerprint density at radius 1 is 1.56 bits per heavy atom. The number of hydrogen-bond donors (Lipinski definition) is 1. The molecule has 1 aliphatic heterocycles. The van der Waals surface area contributed by atoms with Crippen LogP contribution in [0.3, 0.4) is 0 Å². The minimum Gasteiger partial charge on any atom is -0.329 e. The summed E-state index contributed by atoms with van der Waals surface area (Å²) in [5.41, 5.74) is 2.12. The summed E-state index contributed by atoms with van der Waals surface area (Å²) < 4.78 is 0. The molecule has 0 bridgehead atoms. The van der Waals surface area contributed by atoms with E-state index in [-0.39, 0.29) is 5.56 Å². The van der Waals surface area contributed by atoms with Crippen molar-refractivity contribution in [1.82, 2.24) is 9.88 Å². The van der Waals surface area contributed by atoms with E-state index >= 15 is 0 Å². The van der Waals surface area contributed by atoms with Gasteiger partial charge in [0.1, 0.15) is 0 Å². The second-order valence-electron chi connectivity index (χ2n) is 4.64. The molecular weight excluding hydrogens is 200 g/mol. The van der Waals surface area contributed by atoms with Gasteiger partial charge in [0.15, 0.2) is 0 Å². The molecule has 1 aromatic heterocycles. The van der Waals surface area contributed by atoms with Gasteiger partial charge in [-0.25, -0.2) is 0 Å². The molecule has 88 valence electrons. The summed E-state index contributed by atoms with van der Waals surface area (Å²) in [6.07, 6.45) is 5.56. The lowest BCUT2D eigenvalue weighted by molar-refractivity contribution is 0.257. The third-order valence-corrected chi connectivity index (χ3v) is 3.37. The lowest BCUT2D eigenvalue weighted by atomic mass is 10.1. The largest absolute Gasteiger partial charge is 0.329 e. The van der Waals surface area contributed by atoms with E-state index in [1.165, 1.54) is 31.4 Å². The summed E-state index contributed by atoms with van der Waals surface area (Å²) >= 11 is 0. The Bertz CT molecular complexity index is 411. The number of H-pyrrole nitrogens is 1. The SMILES string of the molecule is CCCN1CCCC1c1c[nH]c(=O)c(C)c1. The number of aromatic amines is 1. The van der Waals surface area contributed by atoms with Crippen molar-refractivity contribution in [3.8, 4) is 0 Å². The average Bonchev–Trinajstić information content (AvgIpc) is 2.71. The molecule has 2 heterocycles. The van der Waals surface area contributed by atoms with Crippen molar-refractivity contribution in [2.75, 3.05) is 13.1 Å². The fraction of sp³-hybridized carbons (Fsp3) is 0.615. The molecular formula is C13H20N2O. The molecule has 1 unspecified atom stereocenters.